The van der Waals surface area contributed by atoms with Crippen LogP contribution < -0.4 is 20.6 Å². The predicted molar refractivity (Wildman–Crippen MR) is 82.6 cm³/mol. The van der Waals surface area contributed by atoms with Gasteiger partial charge in [0, 0.05) is 5.69 Å². The number of hydrogen-bond acceptors (Lipinski definition) is 6. The second kappa shape index (κ2) is 6.59. The van der Waals surface area contributed by atoms with Crippen LogP contribution in [0.1, 0.15) is 16.8 Å². The highest BCUT2D eigenvalue weighted by Crippen LogP contribution is 2.09. The third kappa shape index (κ3) is 3.30. The van der Waals surface area contributed by atoms with E-state index < -0.39 is 5.97 Å². The molecule has 1 unspecified atom stereocenters. The number of nitrogens with one attached hydrogen (secondary N) is 3. The summed E-state index contributed by atoms with van der Waals surface area (Å²) in [6.07, 6.45) is 1.23. The lowest BCUT2D eigenvalue weighted by Gasteiger charge is -2.20. The van der Waals surface area contributed by atoms with Crippen molar-refractivity contribution in [2.24, 2.45) is 9.98 Å². The van der Waals surface area contributed by atoms with Gasteiger partial charge >= 0.3 is 0 Å². The number of amides is 2. The number of rotatable bonds is 5. The molecule has 2 aliphatic rings. The largest absolute Gasteiger partial charge is 0.545 e. The van der Waals surface area contributed by atoms with Crippen LogP contribution in [0.4, 0.5) is 5.69 Å². The van der Waals surface area contributed by atoms with E-state index in [0.717, 1.165) is 4.90 Å². The molecule has 2 amide bonds. The number of aromatic carboxylic acids is 1. The van der Waals surface area contributed by atoms with Crippen LogP contribution in [-0.2, 0) is 9.59 Å². The van der Waals surface area contributed by atoms with Crippen molar-refractivity contribution >= 4 is 35.5 Å². The summed E-state index contributed by atoms with van der Waals surface area (Å²) < 4.78 is 0. The van der Waals surface area contributed by atoms with Gasteiger partial charge in [0.25, 0.3) is 5.91 Å². The Hall–Kier alpha value is -3.07. The molecular formula is C15H15N5O4. The van der Waals surface area contributed by atoms with Gasteiger partial charge in [-0.25, -0.2) is 9.98 Å². The Labute approximate surface area is 137 Å². The summed E-state index contributed by atoms with van der Waals surface area (Å²) in [4.78, 5) is 43.6. The van der Waals surface area contributed by atoms with E-state index in [4.69, 9.17) is 0 Å². The first-order chi connectivity index (χ1) is 11.5. The van der Waals surface area contributed by atoms with Gasteiger partial charge in [-0.3, -0.25) is 14.5 Å². The molecule has 3 N–H and O–H groups in total. The lowest BCUT2D eigenvalue weighted by molar-refractivity contribution is -0.907. The van der Waals surface area contributed by atoms with Crippen molar-refractivity contribution in [3.63, 3.8) is 0 Å². The average molecular weight is 329 g/mol. The second-order valence-electron chi connectivity index (χ2n) is 5.43. The summed E-state index contributed by atoms with van der Waals surface area (Å²) in [6.45, 7) is 0.879. The minimum atomic E-state index is -1.27. The summed E-state index contributed by atoms with van der Waals surface area (Å²) >= 11 is 0. The number of carboxylic acid groups (broad SMARTS) is 1. The minimum absolute atomic E-state index is 0.0487. The first kappa shape index (κ1) is 15.8. The maximum atomic E-state index is 12.0. The Balaban J connectivity index is 1.51. The second-order valence-corrected chi connectivity index (χ2v) is 5.43. The Kier molecular flexibility index (Phi) is 4.34. The van der Waals surface area contributed by atoms with Gasteiger partial charge in [0.05, 0.1) is 25.3 Å². The van der Waals surface area contributed by atoms with Gasteiger partial charge in [-0.15, -0.1) is 0 Å². The molecule has 0 bridgehead atoms. The Bertz CT molecular complexity index is 741. The van der Waals surface area contributed by atoms with Crippen molar-refractivity contribution in [3.8, 4) is 0 Å². The summed E-state index contributed by atoms with van der Waals surface area (Å²) in [5.74, 6) is -1.72. The number of carbonyl (C=O) groups is 3. The van der Waals surface area contributed by atoms with Crippen LogP contribution >= 0.6 is 0 Å². The molecule has 0 aliphatic carbocycles. The molecular weight excluding hydrogens is 314 g/mol. The van der Waals surface area contributed by atoms with Crippen molar-refractivity contribution in [2.75, 3.05) is 18.5 Å². The van der Waals surface area contributed by atoms with Crippen LogP contribution in [0.25, 0.3) is 0 Å². The number of fused-ring (bicyclic) bond motifs is 1. The molecule has 9 heteroatoms. The van der Waals surface area contributed by atoms with E-state index in [-0.39, 0.29) is 30.0 Å². The van der Waals surface area contributed by atoms with Crippen molar-refractivity contribution in [2.45, 2.75) is 12.6 Å². The monoisotopic (exact) mass is 329 g/mol. The molecule has 1 aromatic carbocycles. The molecule has 0 spiro atoms. The molecule has 0 radical (unpaired) electrons. The lowest BCUT2D eigenvalue weighted by atomic mass is 10.2. The van der Waals surface area contributed by atoms with E-state index in [2.05, 4.69) is 20.6 Å². The van der Waals surface area contributed by atoms with Crippen LogP contribution in [-0.4, -0.2) is 49.2 Å². The molecule has 0 saturated heterocycles. The lowest BCUT2D eigenvalue weighted by Crippen LogP contribution is -3.15. The number of aliphatic imine (C=N–C) groups is 2. The molecule has 2 atom stereocenters. The van der Waals surface area contributed by atoms with Gasteiger partial charge in [-0.05, 0) is 17.7 Å². The normalized spacial score (nSPS) is 21.7. The fraction of sp³-hybridized carbons (Fsp3) is 0.267. The highest BCUT2D eigenvalue weighted by Gasteiger charge is 2.38. The van der Waals surface area contributed by atoms with Crippen molar-refractivity contribution < 1.29 is 24.4 Å². The van der Waals surface area contributed by atoms with Gasteiger partial charge in [0.2, 0.25) is 12.1 Å². The van der Waals surface area contributed by atoms with E-state index in [0.29, 0.717) is 24.6 Å². The number of carboxylic acids is 1. The Morgan fingerprint density at radius 3 is 2.79 bits per heavy atom. The maximum Gasteiger partial charge on any atom is 0.278 e. The summed E-state index contributed by atoms with van der Waals surface area (Å²) in [5, 5.41) is 15.8. The first-order valence-electron chi connectivity index (χ1n) is 7.37. The molecule has 1 aromatic rings. The number of quaternary nitrogens is 1. The zero-order valence-corrected chi connectivity index (χ0v) is 12.6. The Morgan fingerprint density at radius 2 is 2.08 bits per heavy atom. The van der Waals surface area contributed by atoms with Gasteiger partial charge < -0.3 is 20.5 Å². The van der Waals surface area contributed by atoms with Crippen molar-refractivity contribution in [1.29, 1.82) is 0 Å². The quantitative estimate of drug-likeness (QED) is 0.537. The molecule has 0 fully saturated rings. The van der Waals surface area contributed by atoms with Crippen LogP contribution in [0.5, 0.6) is 0 Å². The first-order valence-corrected chi connectivity index (χ1v) is 7.37. The van der Waals surface area contributed by atoms with E-state index in [1.807, 2.05) is 0 Å². The van der Waals surface area contributed by atoms with Crippen LogP contribution in [0.15, 0.2) is 34.3 Å². The predicted octanol–water partition coefficient (Wildman–Crippen LogP) is -2.84. The van der Waals surface area contributed by atoms with Gasteiger partial charge in [0.15, 0.2) is 12.4 Å². The van der Waals surface area contributed by atoms with Crippen LogP contribution in [0.3, 0.4) is 0 Å². The van der Waals surface area contributed by atoms with E-state index >= 15 is 0 Å². The number of nitrogens with zero attached hydrogens (tertiary/aromatic N) is 2. The number of anilines is 1. The summed E-state index contributed by atoms with van der Waals surface area (Å²) in [5.41, 5.74) is 0.951. The van der Waals surface area contributed by atoms with Gasteiger partial charge in [-0.1, -0.05) is 12.1 Å². The average Bonchev–Trinajstić information content (AvgIpc) is 2.98. The molecule has 2 aliphatic heterocycles. The smallest absolute Gasteiger partial charge is 0.278 e. The van der Waals surface area contributed by atoms with Crippen LogP contribution in [0, 0.1) is 0 Å². The van der Waals surface area contributed by atoms with Gasteiger partial charge in [-0.2, -0.15) is 0 Å². The van der Waals surface area contributed by atoms with E-state index in [1.54, 1.807) is 0 Å². The van der Waals surface area contributed by atoms with Crippen molar-refractivity contribution in [3.05, 3.63) is 29.8 Å². The number of carbonyl (C=O) groups excluding carboxylic acids is 3. The molecule has 124 valence electrons. The maximum absolute atomic E-state index is 12.0. The molecule has 2 heterocycles. The standard InChI is InChI=1S/C15H15N5O4/c21-11(19-10-3-1-9(2-4-10)15(23)24)5-6-20-8-18-12-13(20)16-7-17-14(12)22/h1-4,7,13H,5-6,8H2,(H,19,21)(H,23,24)(H,16,17,22)/t13-/m0/s1. The third-order valence-electron chi connectivity index (χ3n) is 3.83. The van der Waals surface area contributed by atoms with E-state index in [1.165, 1.54) is 30.6 Å². The SMILES string of the molecule is O=C(CC[NH+]1CN=C2C(=O)NC=N[C@H]21)Nc1ccc(C(=O)[O-])cc1. The fourth-order valence-electron chi connectivity index (χ4n) is 2.57. The summed E-state index contributed by atoms with van der Waals surface area (Å²) in [6, 6.07) is 5.74. The molecule has 24 heavy (non-hydrogen) atoms. The third-order valence-corrected chi connectivity index (χ3v) is 3.83. The highest BCUT2D eigenvalue weighted by molar-refractivity contribution is 6.43. The minimum Gasteiger partial charge on any atom is -0.545 e. The van der Waals surface area contributed by atoms with Crippen LogP contribution in [0.2, 0.25) is 0 Å². The molecule has 3 rings (SSSR count). The molecule has 0 saturated carbocycles. The highest BCUT2D eigenvalue weighted by atomic mass is 16.4. The molecule has 0 aromatic heterocycles. The number of benzene rings is 1. The van der Waals surface area contributed by atoms with Crippen molar-refractivity contribution in [1.82, 2.24) is 5.32 Å². The van der Waals surface area contributed by atoms with Gasteiger partial charge in [0.1, 0.15) is 0 Å². The zero-order chi connectivity index (χ0) is 17.1. The zero-order valence-electron chi connectivity index (χ0n) is 12.6. The topological polar surface area (TPSA) is 127 Å². The number of hydrogen-bond donors (Lipinski definition) is 3. The summed E-state index contributed by atoms with van der Waals surface area (Å²) in [7, 11) is 0. The Morgan fingerprint density at radius 1 is 1.33 bits per heavy atom. The fourth-order valence-corrected chi connectivity index (χ4v) is 2.57. The van der Waals surface area contributed by atoms with E-state index in [9.17, 15) is 19.5 Å². The molecule has 9 nitrogen and oxygen atoms in total.